The highest BCUT2D eigenvalue weighted by Crippen LogP contribution is 2.32. The number of rotatable bonds is 4. The highest BCUT2D eigenvalue weighted by atomic mass is 16.6. The van der Waals surface area contributed by atoms with Crippen molar-refractivity contribution in [2.24, 2.45) is 0 Å². The van der Waals surface area contributed by atoms with E-state index in [9.17, 15) is 14.9 Å². The second kappa shape index (κ2) is 9.10. The molecule has 1 aliphatic rings. The minimum Gasteiger partial charge on any atom is -0.444 e. The maximum Gasteiger partial charge on any atom is 0.410 e. The summed E-state index contributed by atoms with van der Waals surface area (Å²) in [7, 11) is 0. The molecule has 1 amide bonds. The molecule has 1 aliphatic heterocycles. The van der Waals surface area contributed by atoms with Crippen LogP contribution in [-0.2, 0) is 9.53 Å². The Bertz CT molecular complexity index is 931. The average molecular weight is 405 g/mol. The maximum atomic E-state index is 12.5. The number of carbonyl (C=O) groups is 2. The molecule has 2 aromatic rings. The van der Waals surface area contributed by atoms with Crippen molar-refractivity contribution in [3.63, 3.8) is 0 Å². The van der Waals surface area contributed by atoms with E-state index < -0.39 is 17.7 Å². The van der Waals surface area contributed by atoms with Crippen LogP contribution in [0, 0.1) is 11.3 Å². The fourth-order valence-corrected chi connectivity index (χ4v) is 3.75. The Morgan fingerprint density at radius 3 is 2.47 bits per heavy atom. The number of hydrogen-bond acceptors (Lipinski definition) is 5. The predicted molar refractivity (Wildman–Crippen MR) is 114 cm³/mol. The molecule has 3 rings (SSSR count). The van der Waals surface area contributed by atoms with Crippen molar-refractivity contribution >= 4 is 12.4 Å². The second-order valence-electron chi connectivity index (χ2n) is 8.42. The van der Waals surface area contributed by atoms with Crippen LogP contribution in [0.1, 0.15) is 43.5 Å². The quantitative estimate of drug-likeness (QED) is 0.724. The Morgan fingerprint density at radius 2 is 1.83 bits per heavy atom. The molecule has 6 nitrogen and oxygen atoms in total. The minimum atomic E-state index is -0.588. The van der Waals surface area contributed by atoms with E-state index in [1.165, 1.54) is 0 Å². The number of benzene rings is 2. The van der Waals surface area contributed by atoms with Crippen LogP contribution in [0.3, 0.4) is 0 Å². The van der Waals surface area contributed by atoms with Gasteiger partial charge in [0.2, 0.25) is 0 Å². The monoisotopic (exact) mass is 405 g/mol. The Hall–Kier alpha value is -3.17. The molecule has 30 heavy (non-hydrogen) atoms. The van der Waals surface area contributed by atoms with Crippen LogP contribution >= 0.6 is 0 Å². The van der Waals surface area contributed by atoms with Gasteiger partial charge in [0.05, 0.1) is 23.7 Å². The summed E-state index contributed by atoms with van der Waals surface area (Å²) < 4.78 is 5.48. The van der Waals surface area contributed by atoms with E-state index in [-0.39, 0.29) is 12.6 Å². The molecule has 1 unspecified atom stereocenters. The van der Waals surface area contributed by atoms with E-state index in [0.29, 0.717) is 18.7 Å². The number of aldehydes is 1. The van der Waals surface area contributed by atoms with Crippen LogP contribution in [0.2, 0.25) is 0 Å². The van der Waals surface area contributed by atoms with Crippen LogP contribution in [0.5, 0.6) is 0 Å². The van der Waals surface area contributed by atoms with Gasteiger partial charge in [0.1, 0.15) is 11.9 Å². The van der Waals surface area contributed by atoms with Crippen molar-refractivity contribution in [2.75, 3.05) is 19.6 Å². The van der Waals surface area contributed by atoms with Crippen LogP contribution in [0.4, 0.5) is 4.79 Å². The zero-order valence-electron chi connectivity index (χ0n) is 17.6. The summed E-state index contributed by atoms with van der Waals surface area (Å²) in [6.45, 7) is 6.71. The first-order valence-corrected chi connectivity index (χ1v) is 10.1. The smallest absolute Gasteiger partial charge is 0.410 e. The van der Waals surface area contributed by atoms with E-state index in [4.69, 9.17) is 4.74 Å². The van der Waals surface area contributed by atoms with Gasteiger partial charge in [-0.1, -0.05) is 42.5 Å². The number of piperazine rings is 1. The van der Waals surface area contributed by atoms with Gasteiger partial charge in [0.15, 0.2) is 0 Å². The highest BCUT2D eigenvalue weighted by molar-refractivity contribution is 5.70. The van der Waals surface area contributed by atoms with Crippen molar-refractivity contribution in [2.45, 2.75) is 38.5 Å². The standard InChI is InChI=1S/C24H27N3O3/c1-24(2,3)30-23(29)26-12-13-27(21(16-26)17-28)22(19-9-5-4-6-10-19)20-11-7-8-18(14-20)15-25/h4-11,14,17,21-22H,12-13,16H2,1-3H3/t21-,22?/m0/s1. The number of amides is 1. The molecular weight excluding hydrogens is 378 g/mol. The zero-order chi connectivity index (χ0) is 21.7. The molecule has 2 atom stereocenters. The van der Waals surface area contributed by atoms with Gasteiger partial charge in [0.25, 0.3) is 0 Å². The average Bonchev–Trinajstić information content (AvgIpc) is 2.74. The van der Waals surface area contributed by atoms with Crippen molar-refractivity contribution < 1.29 is 14.3 Å². The molecule has 0 N–H and O–H groups in total. The summed E-state index contributed by atoms with van der Waals surface area (Å²) in [5.74, 6) is 0. The summed E-state index contributed by atoms with van der Waals surface area (Å²) in [6, 6.07) is 18.9. The van der Waals surface area contributed by atoms with Crippen molar-refractivity contribution in [3.8, 4) is 6.07 Å². The van der Waals surface area contributed by atoms with Gasteiger partial charge in [0, 0.05) is 19.6 Å². The summed E-state index contributed by atoms with van der Waals surface area (Å²) in [5.41, 5.74) is 1.96. The van der Waals surface area contributed by atoms with Gasteiger partial charge < -0.3 is 14.4 Å². The lowest BCUT2D eigenvalue weighted by molar-refractivity contribution is -0.115. The molecule has 0 spiro atoms. The van der Waals surface area contributed by atoms with Gasteiger partial charge >= 0.3 is 6.09 Å². The Kier molecular flexibility index (Phi) is 6.53. The highest BCUT2D eigenvalue weighted by Gasteiger charge is 2.36. The van der Waals surface area contributed by atoms with E-state index in [1.54, 1.807) is 11.0 Å². The van der Waals surface area contributed by atoms with E-state index in [2.05, 4.69) is 11.0 Å². The third-order valence-electron chi connectivity index (χ3n) is 5.05. The Morgan fingerprint density at radius 1 is 1.13 bits per heavy atom. The number of nitriles is 1. The largest absolute Gasteiger partial charge is 0.444 e. The van der Waals surface area contributed by atoms with Gasteiger partial charge in [-0.15, -0.1) is 0 Å². The van der Waals surface area contributed by atoms with E-state index in [0.717, 1.165) is 17.4 Å². The second-order valence-corrected chi connectivity index (χ2v) is 8.42. The van der Waals surface area contributed by atoms with Crippen molar-refractivity contribution in [1.82, 2.24) is 9.80 Å². The lowest BCUT2D eigenvalue weighted by Crippen LogP contribution is -2.57. The van der Waals surface area contributed by atoms with Gasteiger partial charge in [-0.25, -0.2) is 4.79 Å². The lowest BCUT2D eigenvalue weighted by atomic mass is 9.93. The van der Waals surface area contributed by atoms with Gasteiger partial charge in [-0.05, 0) is 44.0 Å². The summed E-state index contributed by atoms with van der Waals surface area (Å²) in [4.78, 5) is 28.2. The molecule has 1 heterocycles. The first kappa shape index (κ1) is 21.5. The first-order chi connectivity index (χ1) is 14.3. The zero-order valence-corrected chi connectivity index (χ0v) is 17.6. The van der Waals surface area contributed by atoms with Crippen LogP contribution in [0.15, 0.2) is 54.6 Å². The van der Waals surface area contributed by atoms with Crippen LogP contribution in [-0.4, -0.2) is 53.5 Å². The number of ether oxygens (including phenoxy) is 1. The van der Waals surface area contributed by atoms with E-state index >= 15 is 0 Å². The van der Waals surface area contributed by atoms with Gasteiger partial charge in [-0.2, -0.15) is 5.26 Å². The SMILES string of the molecule is CC(C)(C)OC(=O)N1CCN(C(c2ccccc2)c2cccc(C#N)c2)[C@H](C=O)C1. The predicted octanol–water partition coefficient (Wildman–Crippen LogP) is 3.77. The Balaban J connectivity index is 1.91. The first-order valence-electron chi connectivity index (χ1n) is 10.1. The molecule has 156 valence electrons. The van der Waals surface area contributed by atoms with Crippen molar-refractivity contribution in [3.05, 3.63) is 71.3 Å². The third-order valence-corrected chi connectivity index (χ3v) is 5.05. The Labute approximate surface area is 177 Å². The summed E-state index contributed by atoms with van der Waals surface area (Å²) >= 11 is 0. The minimum absolute atomic E-state index is 0.199. The fraction of sp³-hybridized carbons (Fsp3) is 0.375. The molecule has 1 saturated heterocycles. The third kappa shape index (κ3) is 5.05. The normalized spacial score (nSPS) is 18.3. The molecule has 0 aliphatic carbocycles. The number of nitrogens with zero attached hydrogens (tertiary/aromatic N) is 3. The topological polar surface area (TPSA) is 73.6 Å². The van der Waals surface area contributed by atoms with Crippen LogP contribution < -0.4 is 0 Å². The molecule has 1 fully saturated rings. The van der Waals surface area contributed by atoms with Crippen molar-refractivity contribution in [1.29, 1.82) is 5.26 Å². The summed E-state index contributed by atoms with van der Waals surface area (Å²) in [5, 5.41) is 9.33. The molecule has 0 bridgehead atoms. The summed E-state index contributed by atoms with van der Waals surface area (Å²) in [6.07, 6.45) is 0.484. The molecule has 2 aromatic carbocycles. The molecule has 0 aromatic heterocycles. The lowest BCUT2D eigenvalue weighted by Gasteiger charge is -2.43. The molecule has 0 radical (unpaired) electrons. The number of hydrogen-bond donors (Lipinski definition) is 0. The fourth-order valence-electron chi connectivity index (χ4n) is 3.75. The van der Waals surface area contributed by atoms with Crippen LogP contribution in [0.25, 0.3) is 0 Å². The van der Waals surface area contributed by atoms with E-state index in [1.807, 2.05) is 69.3 Å². The number of carbonyl (C=O) groups excluding carboxylic acids is 2. The maximum absolute atomic E-state index is 12.5. The molecular formula is C24H27N3O3. The molecule has 0 saturated carbocycles. The molecule has 6 heteroatoms. The van der Waals surface area contributed by atoms with Gasteiger partial charge in [-0.3, -0.25) is 4.90 Å².